The van der Waals surface area contributed by atoms with Gasteiger partial charge in [0.1, 0.15) is 12.6 Å². The Morgan fingerprint density at radius 3 is 3.03 bits per heavy atom. The van der Waals surface area contributed by atoms with Gasteiger partial charge in [0.25, 0.3) is 5.56 Å². The molecule has 0 bridgehead atoms. The highest BCUT2D eigenvalue weighted by Gasteiger charge is 2.18. The number of fused-ring (bicyclic) bond motifs is 1. The van der Waals surface area contributed by atoms with E-state index in [2.05, 4.69) is 37.5 Å². The number of carbonyl (C=O) groups excluding carboxylic acids is 1. The molecule has 1 amide bonds. The van der Waals surface area contributed by atoms with E-state index in [1.165, 1.54) is 4.57 Å². The molecule has 3 heterocycles. The van der Waals surface area contributed by atoms with Gasteiger partial charge in [-0.05, 0) is 25.0 Å². The fraction of sp³-hybridized carbons (Fsp3) is 0.333. The van der Waals surface area contributed by atoms with Crippen molar-refractivity contribution in [3.05, 3.63) is 58.3 Å². The van der Waals surface area contributed by atoms with Gasteiger partial charge in [0.05, 0.1) is 0 Å². The van der Waals surface area contributed by atoms with Crippen molar-refractivity contribution in [1.82, 2.24) is 30.6 Å². The number of aromatic amines is 1. The van der Waals surface area contributed by atoms with Crippen LogP contribution in [-0.2, 0) is 22.6 Å². The van der Waals surface area contributed by atoms with Gasteiger partial charge in [-0.1, -0.05) is 18.2 Å². The van der Waals surface area contributed by atoms with Gasteiger partial charge in [-0.2, -0.15) is 0 Å². The third-order valence-electron chi connectivity index (χ3n) is 5.28. The van der Waals surface area contributed by atoms with Gasteiger partial charge in [-0.25, -0.2) is 10.5 Å². The minimum atomic E-state index is -0.343. The van der Waals surface area contributed by atoms with Crippen molar-refractivity contribution in [3.8, 4) is 0 Å². The molecule has 32 heavy (non-hydrogen) atoms. The van der Waals surface area contributed by atoms with Gasteiger partial charge >= 0.3 is 0 Å². The molecule has 0 aliphatic carbocycles. The molecule has 11 heteroatoms. The first-order chi connectivity index (χ1) is 15.5. The number of para-hydroxylation sites is 1. The van der Waals surface area contributed by atoms with Gasteiger partial charge in [0.15, 0.2) is 5.82 Å². The summed E-state index contributed by atoms with van der Waals surface area (Å²) in [4.78, 5) is 37.9. The minimum absolute atomic E-state index is 0.0799. The number of hydroxylamine groups is 1. The number of H-pyrrole nitrogens is 1. The number of guanidine groups is 1. The van der Waals surface area contributed by atoms with Crippen molar-refractivity contribution < 1.29 is 9.63 Å². The maximum atomic E-state index is 12.9. The molecule has 6 N–H and O–H groups in total. The lowest BCUT2D eigenvalue weighted by Crippen LogP contribution is -2.53. The number of nitrogens with one attached hydrogen (secondary N) is 6. The second kappa shape index (κ2) is 9.52. The number of hydrogen-bond donors (Lipinski definition) is 6. The van der Waals surface area contributed by atoms with E-state index in [4.69, 9.17) is 10.2 Å². The van der Waals surface area contributed by atoms with Crippen LogP contribution in [0.3, 0.4) is 0 Å². The van der Waals surface area contributed by atoms with E-state index < -0.39 is 0 Å². The van der Waals surface area contributed by atoms with Crippen molar-refractivity contribution in [3.63, 3.8) is 0 Å². The largest absolute Gasteiger partial charge is 0.365 e. The van der Waals surface area contributed by atoms with Crippen molar-refractivity contribution in [2.75, 3.05) is 25.0 Å². The van der Waals surface area contributed by atoms with E-state index in [-0.39, 0.29) is 42.4 Å². The first-order valence-corrected chi connectivity index (χ1v) is 10.4. The number of aromatic nitrogens is 3. The predicted molar refractivity (Wildman–Crippen MR) is 120 cm³/mol. The van der Waals surface area contributed by atoms with Gasteiger partial charge in [-0.15, -0.1) is 0 Å². The highest BCUT2D eigenvalue weighted by molar-refractivity contribution is 5.83. The summed E-state index contributed by atoms with van der Waals surface area (Å²) in [7, 11) is 0. The second-order valence-corrected chi connectivity index (χ2v) is 7.58. The van der Waals surface area contributed by atoms with E-state index >= 15 is 0 Å². The molecule has 1 atom stereocenters. The van der Waals surface area contributed by atoms with Gasteiger partial charge in [0.2, 0.25) is 11.9 Å². The Bertz CT molecular complexity index is 1180. The number of amides is 1. The Balaban J connectivity index is 1.34. The zero-order chi connectivity index (χ0) is 22.5. The molecule has 1 aromatic carbocycles. The monoisotopic (exact) mass is 438 g/mol. The molecular weight excluding hydrogens is 412 g/mol. The molecule has 1 saturated heterocycles. The van der Waals surface area contributed by atoms with Gasteiger partial charge in [-0.3, -0.25) is 24.4 Å². The van der Waals surface area contributed by atoms with Crippen molar-refractivity contribution in [2.24, 2.45) is 0 Å². The summed E-state index contributed by atoms with van der Waals surface area (Å²) in [5.74, 6) is -0.0163. The fourth-order valence-corrected chi connectivity index (χ4v) is 3.52. The zero-order valence-electron chi connectivity index (χ0n) is 17.7. The predicted octanol–water partition coefficient (Wildman–Crippen LogP) is 0.232. The molecule has 1 aliphatic heterocycles. The normalized spacial score (nSPS) is 15.8. The van der Waals surface area contributed by atoms with Crippen LogP contribution in [-0.4, -0.2) is 52.1 Å². The lowest BCUT2D eigenvalue weighted by Gasteiger charge is -2.25. The molecular formula is C21H26N8O3. The summed E-state index contributed by atoms with van der Waals surface area (Å²) < 4.78 is 1.39. The molecule has 0 radical (unpaired) electrons. The van der Waals surface area contributed by atoms with E-state index in [1.807, 2.05) is 24.4 Å². The van der Waals surface area contributed by atoms with E-state index in [1.54, 1.807) is 13.1 Å². The summed E-state index contributed by atoms with van der Waals surface area (Å²) in [6.07, 6.45) is 3.96. The minimum Gasteiger partial charge on any atom is -0.365 e. The Hall–Kier alpha value is -3.86. The highest BCUT2D eigenvalue weighted by atomic mass is 16.7. The van der Waals surface area contributed by atoms with Crippen LogP contribution >= 0.6 is 0 Å². The third kappa shape index (κ3) is 4.89. The number of anilines is 1. The van der Waals surface area contributed by atoms with Crippen LogP contribution in [0, 0.1) is 12.3 Å². The van der Waals surface area contributed by atoms with E-state index in [9.17, 15) is 9.59 Å². The molecule has 3 aromatic rings. The van der Waals surface area contributed by atoms with Crippen LogP contribution in [0.15, 0.2) is 41.5 Å². The van der Waals surface area contributed by atoms with Crippen LogP contribution in [0.25, 0.3) is 10.9 Å². The number of nitrogens with zero attached hydrogens (tertiary/aromatic N) is 2. The van der Waals surface area contributed by atoms with Crippen LogP contribution in [0.1, 0.15) is 11.3 Å². The average molecular weight is 438 g/mol. The molecule has 1 aliphatic rings. The highest BCUT2D eigenvalue weighted by Crippen LogP contribution is 2.17. The summed E-state index contributed by atoms with van der Waals surface area (Å²) >= 11 is 0. The molecule has 2 aromatic heterocycles. The van der Waals surface area contributed by atoms with Crippen LogP contribution in [0.5, 0.6) is 0 Å². The maximum Gasteiger partial charge on any atom is 0.293 e. The number of benzene rings is 1. The Morgan fingerprint density at radius 2 is 2.22 bits per heavy atom. The van der Waals surface area contributed by atoms with Crippen LogP contribution < -0.4 is 27.0 Å². The molecule has 0 saturated carbocycles. The molecule has 1 fully saturated rings. The summed E-state index contributed by atoms with van der Waals surface area (Å²) in [6, 6.07) is 8.07. The first kappa shape index (κ1) is 21.4. The Labute approximate surface area is 184 Å². The lowest BCUT2D eigenvalue weighted by atomic mass is 10.1. The molecule has 168 valence electrons. The average Bonchev–Trinajstić information content (AvgIpc) is 3.21. The smallest absolute Gasteiger partial charge is 0.293 e. The Kier molecular flexibility index (Phi) is 6.36. The zero-order valence-corrected chi connectivity index (χ0v) is 17.7. The third-order valence-corrected chi connectivity index (χ3v) is 5.28. The fourth-order valence-electron chi connectivity index (χ4n) is 3.52. The van der Waals surface area contributed by atoms with Crippen LogP contribution in [0.4, 0.5) is 5.82 Å². The summed E-state index contributed by atoms with van der Waals surface area (Å²) in [6.45, 7) is 2.81. The number of hydrogen-bond acceptors (Lipinski definition) is 6. The van der Waals surface area contributed by atoms with E-state index in [0.29, 0.717) is 18.8 Å². The second-order valence-electron chi connectivity index (χ2n) is 7.58. The maximum absolute atomic E-state index is 12.9. The van der Waals surface area contributed by atoms with E-state index in [0.717, 1.165) is 22.9 Å². The van der Waals surface area contributed by atoms with Crippen molar-refractivity contribution in [2.45, 2.75) is 26.0 Å². The lowest BCUT2D eigenvalue weighted by molar-refractivity contribution is -0.122. The summed E-state index contributed by atoms with van der Waals surface area (Å²) in [5.41, 5.74) is 4.90. The Morgan fingerprint density at radius 1 is 1.38 bits per heavy atom. The quantitative estimate of drug-likeness (QED) is 0.295. The number of carbonyl (C=O) groups is 1. The first-order valence-electron chi connectivity index (χ1n) is 10.4. The van der Waals surface area contributed by atoms with Gasteiger partial charge in [0, 0.05) is 48.6 Å². The van der Waals surface area contributed by atoms with Crippen molar-refractivity contribution >= 4 is 28.6 Å². The van der Waals surface area contributed by atoms with Crippen molar-refractivity contribution in [1.29, 1.82) is 5.41 Å². The number of aryl methyl sites for hydroxylation is 1. The van der Waals surface area contributed by atoms with Crippen LogP contribution in [0.2, 0.25) is 0 Å². The standard InChI is InChI=1S/C21H26N8O3/c1-13-8-26-19(23-7-6-14-9-24-17-5-3-2-4-16(14)17)20(31)29(13)12-18(30)25-10-15-11-27-21(22)28-32-15/h2-5,8-9,15,24H,6-7,10-12H2,1H3,(H,23,26)(H,25,30)(H3,22,27,28). The topological polar surface area (TPSA) is 149 Å². The molecule has 4 rings (SSSR count). The number of rotatable bonds is 8. The molecule has 0 spiro atoms. The van der Waals surface area contributed by atoms with Gasteiger partial charge < -0.3 is 20.9 Å². The SMILES string of the molecule is Cc1cnc(NCCc2c[nH]c3ccccc23)c(=O)n1CC(=O)NCC1CNC(=N)NO1. The molecule has 1 unspecified atom stereocenters. The molecule has 11 nitrogen and oxygen atoms in total. The summed E-state index contributed by atoms with van der Waals surface area (Å²) in [5, 5.41) is 17.1.